The van der Waals surface area contributed by atoms with Crippen molar-refractivity contribution >= 4 is 16.3 Å². The molecule has 9 heteroatoms. The van der Waals surface area contributed by atoms with E-state index in [4.69, 9.17) is 9.66 Å². The molecule has 0 aliphatic rings. The molecular weight excluding hydrogens is 456 g/mol. The van der Waals surface area contributed by atoms with Crippen molar-refractivity contribution in [1.29, 1.82) is 0 Å². The van der Waals surface area contributed by atoms with Crippen molar-refractivity contribution in [1.82, 2.24) is 0 Å². The summed E-state index contributed by atoms with van der Waals surface area (Å²) < 4.78 is 30.4. The molecule has 0 aliphatic heterocycles. The lowest BCUT2D eigenvalue weighted by molar-refractivity contribution is -0.889. The lowest BCUT2D eigenvalue weighted by atomic mass is 10.0. The van der Waals surface area contributed by atoms with Crippen LogP contribution in [0.2, 0.25) is 0 Å². The molecule has 0 saturated carbocycles. The Balaban J connectivity index is 0. The zero-order valence-corrected chi connectivity index (χ0v) is 23.3. The van der Waals surface area contributed by atoms with Crippen LogP contribution in [0.4, 0.5) is 0 Å². The molecule has 2 N–H and O–H groups in total. The number of nitrogens with zero attached hydrogens (tertiary/aromatic N) is 2. The van der Waals surface area contributed by atoms with Gasteiger partial charge in [-0.2, -0.15) is 8.42 Å². The second-order valence-electron chi connectivity index (χ2n) is 9.68. The van der Waals surface area contributed by atoms with Gasteiger partial charge in [0.05, 0.1) is 40.9 Å². The normalized spacial score (nSPS) is 12.5. The summed E-state index contributed by atoms with van der Waals surface area (Å²) in [5.74, 6) is 0.0543. The van der Waals surface area contributed by atoms with Crippen molar-refractivity contribution in [2.45, 2.75) is 110 Å². The molecule has 0 aromatic heterocycles. The molecule has 0 saturated heterocycles. The summed E-state index contributed by atoms with van der Waals surface area (Å²) in [7, 11) is 0.829. The van der Waals surface area contributed by atoms with Gasteiger partial charge >= 0.3 is 10.4 Å². The van der Waals surface area contributed by atoms with Crippen molar-refractivity contribution in [3.8, 4) is 0 Å². The number of aliphatic imine (C=N–C) groups is 1. The van der Waals surface area contributed by atoms with Crippen LogP contribution in [-0.4, -0.2) is 75.9 Å². The summed E-state index contributed by atoms with van der Waals surface area (Å²) in [6.07, 6.45) is 20.8. The number of likely N-dealkylation sites (N-methyl/N-ethyl adjacent to an activating group) is 1. The van der Waals surface area contributed by atoms with E-state index in [1.54, 1.807) is 0 Å². The maximum Gasteiger partial charge on any atom is 0.397 e. The van der Waals surface area contributed by atoms with Crippen molar-refractivity contribution in [3.05, 3.63) is 0 Å². The third kappa shape index (κ3) is 31.3. The van der Waals surface area contributed by atoms with Gasteiger partial charge in [-0.15, -0.1) is 0 Å². The van der Waals surface area contributed by atoms with E-state index >= 15 is 0 Å². The average Bonchev–Trinajstić information content (AvgIpc) is 2.76. The highest BCUT2D eigenvalue weighted by molar-refractivity contribution is 7.80. The number of hydrogen-bond acceptors (Lipinski definition) is 6. The zero-order chi connectivity index (χ0) is 26.1. The smallest absolute Gasteiger partial charge is 0.397 e. The Bertz CT molecular complexity index is 568. The van der Waals surface area contributed by atoms with Crippen LogP contribution in [-0.2, 0) is 14.6 Å². The molecule has 0 amide bonds. The van der Waals surface area contributed by atoms with Crippen molar-refractivity contribution < 1.29 is 31.8 Å². The molecule has 0 radical (unpaired) electrons. The van der Waals surface area contributed by atoms with E-state index in [9.17, 15) is 13.5 Å². The fourth-order valence-corrected chi connectivity index (χ4v) is 3.55. The van der Waals surface area contributed by atoms with Crippen LogP contribution in [0.25, 0.3) is 0 Å². The van der Waals surface area contributed by atoms with Crippen LogP contribution in [0.1, 0.15) is 110 Å². The van der Waals surface area contributed by atoms with Crippen molar-refractivity contribution in [2.75, 3.05) is 47.4 Å². The lowest BCUT2D eigenvalue weighted by Crippen LogP contribution is -2.44. The highest BCUT2D eigenvalue weighted by Gasteiger charge is 2.12. The van der Waals surface area contributed by atoms with Crippen LogP contribution in [0.15, 0.2) is 4.99 Å². The Morgan fingerprint density at radius 3 is 1.56 bits per heavy atom. The fraction of sp³-hybridized carbons (Fsp3) is 0.960. The minimum atomic E-state index is -4.16. The monoisotopic (exact) mass is 510 g/mol. The quantitative estimate of drug-likeness (QED) is 0.0727. The first-order valence-electron chi connectivity index (χ1n) is 13.2. The molecule has 0 aromatic carbocycles. The van der Waals surface area contributed by atoms with Crippen LogP contribution < -0.4 is 5.11 Å². The van der Waals surface area contributed by atoms with Gasteiger partial charge in [-0.25, -0.2) is 0 Å². The third-order valence-electron chi connectivity index (χ3n) is 5.90. The number of aliphatic hydroxyl groups excluding tert-OH is 1. The summed E-state index contributed by atoms with van der Waals surface area (Å²) in [6.45, 7) is 4.55. The van der Waals surface area contributed by atoms with Crippen LogP contribution >= 0.6 is 0 Å². The number of hydrogen-bond donors (Lipinski definition) is 2. The number of rotatable bonds is 22. The first-order valence-corrected chi connectivity index (χ1v) is 14.6. The summed E-state index contributed by atoms with van der Waals surface area (Å²) >= 11 is 0. The molecule has 0 spiro atoms. The summed E-state index contributed by atoms with van der Waals surface area (Å²) in [5, 5.41) is 20.8. The van der Waals surface area contributed by atoms with Gasteiger partial charge in [0.15, 0.2) is 0 Å². The first-order chi connectivity index (χ1) is 16.1. The Morgan fingerprint density at radius 2 is 1.21 bits per heavy atom. The van der Waals surface area contributed by atoms with Gasteiger partial charge in [-0.1, -0.05) is 96.8 Å². The summed E-state index contributed by atoms with van der Waals surface area (Å²) in [6, 6.07) is 0. The van der Waals surface area contributed by atoms with Crippen LogP contribution in [0.5, 0.6) is 0 Å². The Morgan fingerprint density at radius 1 is 0.824 bits per heavy atom. The molecule has 206 valence electrons. The zero-order valence-electron chi connectivity index (χ0n) is 22.5. The molecule has 0 unspecified atom stereocenters. The largest absolute Gasteiger partial charge is 0.862 e. The predicted molar refractivity (Wildman–Crippen MR) is 139 cm³/mol. The van der Waals surface area contributed by atoms with Crippen LogP contribution in [0, 0.1) is 0 Å². The van der Waals surface area contributed by atoms with Crippen LogP contribution in [0.3, 0.4) is 0 Å². The van der Waals surface area contributed by atoms with E-state index in [0.717, 1.165) is 26.5 Å². The van der Waals surface area contributed by atoms with Gasteiger partial charge < -0.3 is 14.7 Å². The maximum atomic E-state index is 11.8. The lowest BCUT2D eigenvalue weighted by Gasteiger charge is -2.28. The second-order valence-corrected chi connectivity index (χ2v) is 10.9. The summed E-state index contributed by atoms with van der Waals surface area (Å²) in [4.78, 5) is 4.16. The first kappa shape index (κ1) is 35.4. The topological polar surface area (TPSA) is 119 Å². The molecule has 34 heavy (non-hydrogen) atoms. The highest BCUT2D eigenvalue weighted by atomic mass is 32.3. The Kier molecular flexibility index (Phi) is 25.0. The molecule has 0 heterocycles. The molecule has 0 aliphatic carbocycles. The second kappa shape index (κ2) is 24.0. The predicted octanol–water partition coefficient (Wildman–Crippen LogP) is 4.51. The van der Waals surface area contributed by atoms with Gasteiger partial charge in [0.25, 0.3) is 0 Å². The fourth-order valence-electron chi connectivity index (χ4n) is 3.55. The van der Waals surface area contributed by atoms with Gasteiger partial charge in [-0.3, -0.25) is 13.7 Å². The molecule has 0 atom stereocenters. The standard InChI is InChI=1S/C24H50N2O2.CH4O4S/c1-4-5-6-7-8-9-10-11-12-13-14-15-16-17-18-19-24(28)25-20-21-26(2,3)22-23-27;1-5-6(2,3)4/h27H,4-23H2,1-3H3;1H3,(H,2,3,4). The number of aliphatic hydroxyl groups is 1. The van der Waals surface area contributed by atoms with Gasteiger partial charge in [0.2, 0.25) is 0 Å². The third-order valence-corrected chi connectivity index (χ3v) is 6.32. The van der Waals surface area contributed by atoms with Crippen molar-refractivity contribution in [2.24, 2.45) is 4.99 Å². The van der Waals surface area contributed by atoms with Crippen molar-refractivity contribution in [3.63, 3.8) is 0 Å². The average molecular weight is 511 g/mol. The Hall–Kier alpha value is -0.740. The van der Waals surface area contributed by atoms with E-state index in [1.807, 2.05) is 0 Å². The SMILES string of the molecule is CCCCCCCCCCCCCCCCCC([O-])=NCC[N+](C)(C)CCO.COS(=O)(=O)O. The van der Waals surface area contributed by atoms with E-state index in [-0.39, 0.29) is 12.5 Å². The van der Waals surface area contributed by atoms with Gasteiger partial charge in [-0.05, 0) is 18.7 Å². The molecular formula is C25H54N2O6S. The minimum Gasteiger partial charge on any atom is -0.862 e. The molecule has 8 nitrogen and oxygen atoms in total. The Labute approximate surface area is 210 Å². The molecule has 0 aromatic rings. The maximum absolute atomic E-state index is 11.8. The van der Waals surface area contributed by atoms with E-state index in [0.29, 0.717) is 24.0 Å². The molecule has 0 bridgehead atoms. The molecule has 0 fully saturated rings. The minimum absolute atomic E-state index is 0.0543. The summed E-state index contributed by atoms with van der Waals surface area (Å²) in [5.41, 5.74) is 0. The van der Waals surface area contributed by atoms with E-state index < -0.39 is 10.4 Å². The van der Waals surface area contributed by atoms with Gasteiger partial charge in [0.1, 0.15) is 6.54 Å². The highest BCUT2D eigenvalue weighted by Crippen LogP contribution is 2.13. The van der Waals surface area contributed by atoms with E-state index in [1.165, 1.54) is 83.5 Å². The molecule has 0 rings (SSSR count). The number of quaternary nitrogens is 1. The van der Waals surface area contributed by atoms with Gasteiger partial charge in [0, 0.05) is 0 Å². The number of unbranched alkanes of at least 4 members (excludes halogenated alkanes) is 14. The van der Waals surface area contributed by atoms with E-state index in [2.05, 4.69) is 30.2 Å².